The molecule has 0 saturated carbocycles. The number of aryl methyl sites for hydroxylation is 1. The number of fused-ring (bicyclic) bond motifs is 1. The van der Waals surface area contributed by atoms with Crippen molar-refractivity contribution in [1.29, 1.82) is 0 Å². The highest BCUT2D eigenvalue weighted by atomic mass is 31.2. The second kappa shape index (κ2) is 6.36. The topological polar surface area (TPSA) is 83.5 Å². The van der Waals surface area contributed by atoms with Crippen molar-refractivity contribution in [3.05, 3.63) is 29.8 Å². The molecular formula is C19H27O7P. The van der Waals surface area contributed by atoms with Crippen LogP contribution in [0.1, 0.15) is 33.3 Å². The Morgan fingerprint density at radius 1 is 0.963 bits per heavy atom. The van der Waals surface area contributed by atoms with E-state index in [0.29, 0.717) is 5.30 Å². The van der Waals surface area contributed by atoms with Gasteiger partial charge in [-0.2, -0.15) is 0 Å². The number of benzene rings is 1. The van der Waals surface area contributed by atoms with Crippen LogP contribution in [0, 0.1) is 6.92 Å². The summed E-state index contributed by atoms with van der Waals surface area (Å²) in [6.45, 7) is 9.40. The lowest BCUT2D eigenvalue weighted by molar-refractivity contribution is -0.174. The quantitative estimate of drug-likeness (QED) is 0.766. The Kier molecular flexibility index (Phi) is 4.60. The normalized spacial score (nSPS) is 42.8. The van der Waals surface area contributed by atoms with Crippen molar-refractivity contribution in [2.24, 2.45) is 0 Å². The van der Waals surface area contributed by atoms with E-state index in [1.54, 1.807) is 26.0 Å². The third kappa shape index (κ3) is 3.40. The summed E-state index contributed by atoms with van der Waals surface area (Å²) in [5.74, 6) is -3.00. The van der Waals surface area contributed by atoms with Crippen molar-refractivity contribution in [3.63, 3.8) is 0 Å². The Morgan fingerprint density at radius 2 is 1.59 bits per heavy atom. The smallest absolute Gasteiger partial charge is 0.262 e. The monoisotopic (exact) mass is 398 g/mol. The van der Waals surface area contributed by atoms with Gasteiger partial charge in [-0.05, 0) is 46.8 Å². The van der Waals surface area contributed by atoms with E-state index in [-0.39, 0.29) is 6.61 Å². The van der Waals surface area contributed by atoms with Gasteiger partial charge in [-0.15, -0.1) is 0 Å². The molecule has 3 heterocycles. The van der Waals surface area contributed by atoms with Gasteiger partial charge in [-0.1, -0.05) is 17.7 Å². The minimum absolute atomic E-state index is 0.286. The average molecular weight is 398 g/mol. The second-order valence-corrected chi connectivity index (χ2v) is 10.8. The van der Waals surface area contributed by atoms with Gasteiger partial charge in [-0.3, -0.25) is 4.57 Å². The number of ether oxygens (including phenoxy) is 4. The second-order valence-electron chi connectivity index (χ2n) is 8.35. The molecule has 1 aromatic carbocycles. The summed E-state index contributed by atoms with van der Waals surface area (Å²) >= 11 is 0. The number of aliphatic hydroxyl groups excluding tert-OH is 1. The van der Waals surface area contributed by atoms with E-state index in [9.17, 15) is 9.67 Å². The number of rotatable bonds is 2. The van der Waals surface area contributed by atoms with Crippen molar-refractivity contribution >= 4 is 12.7 Å². The summed E-state index contributed by atoms with van der Waals surface area (Å²) in [5, 5.41) is 11.4. The molecule has 1 aromatic rings. The molecular weight excluding hydrogens is 371 g/mol. The third-order valence-corrected chi connectivity index (χ3v) is 7.76. The molecule has 7 nitrogen and oxygen atoms in total. The predicted molar refractivity (Wildman–Crippen MR) is 98.0 cm³/mol. The van der Waals surface area contributed by atoms with Crippen LogP contribution in [0.2, 0.25) is 0 Å². The predicted octanol–water partition coefficient (Wildman–Crippen LogP) is 2.29. The Balaban J connectivity index is 1.72. The first-order valence-electron chi connectivity index (χ1n) is 9.22. The first kappa shape index (κ1) is 19.5. The largest absolute Gasteiger partial charge is 0.380 e. The maximum atomic E-state index is 13.9. The molecule has 27 heavy (non-hydrogen) atoms. The molecule has 8 heteroatoms. The van der Waals surface area contributed by atoms with Crippen molar-refractivity contribution in [3.8, 4) is 0 Å². The van der Waals surface area contributed by atoms with Gasteiger partial charge in [0, 0.05) is 5.30 Å². The van der Waals surface area contributed by atoms with E-state index in [0.717, 1.165) is 5.56 Å². The molecule has 4 rings (SSSR count). The molecule has 3 saturated heterocycles. The zero-order chi connectivity index (χ0) is 19.6. The lowest BCUT2D eigenvalue weighted by atomic mass is 10.0. The zero-order valence-corrected chi connectivity index (χ0v) is 17.1. The number of hydrogen-bond acceptors (Lipinski definition) is 7. The van der Waals surface area contributed by atoms with E-state index in [1.165, 1.54) is 0 Å². The van der Waals surface area contributed by atoms with Crippen molar-refractivity contribution in [1.82, 2.24) is 0 Å². The highest BCUT2D eigenvalue weighted by Gasteiger charge is 2.62. The van der Waals surface area contributed by atoms with Gasteiger partial charge < -0.3 is 28.6 Å². The van der Waals surface area contributed by atoms with Gasteiger partial charge >= 0.3 is 0 Å². The van der Waals surface area contributed by atoms with Gasteiger partial charge in [0.05, 0.1) is 6.61 Å². The molecule has 0 radical (unpaired) electrons. The van der Waals surface area contributed by atoms with E-state index in [4.69, 9.17) is 23.5 Å². The molecule has 0 aliphatic carbocycles. The van der Waals surface area contributed by atoms with Crippen molar-refractivity contribution < 1.29 is 33.1 Å². The lowest BCUT2D eigenvalue weighted by Crippen LogP contribution is -2.55. The van der Waals surface area contributed by atoms with E-state index in [2.05, 4.69) is 0 Å². The Hall–Kier alpha value is -0.790. The van der Waals surface area contributed by atoms with Crippen LogP contribution in [-0.2, 0) is 28.0 Å². The summed E-state index contributed by atoms with van der Waals surface area (Å²) in [5.41, 5.74) is 1.03. The molecule has 3 aliphatic heterocycles. The molecule has 2 unspecified atom stereocenters. The Bertz CT molecular complexity index is 760. The van der Waals surface area contributed by atoms with Crippen LogP contribution in [0.3, 0.4) is 0 Å². The number of hydrogen-bond donors (Lipinski definition) is 1. The van der Waals surface area contributed by atoms with E-state index < -0.39 is 49.2 Å². The van der Waals surface area contributed by atoms with Crippen LogP contribution >= 0.6 is 7.37 Å². The van der Waals surface area contributed by atoms with Crippen molar-refractivity contribution in [2.45, 2.75) is 76.5 Å². The van der Waals surface area contributed by atoms with Crippen LogP contribution in [0.4, 0.5) is 0 Å². The van der Waals surface area contributed by atoms with Gasteiger partial charge in [0.2, 0.25) is 0 Å². The third-order valence-electron chi connectivity index (χ3n) is 5.20. The zero-order valence-electron chi connectivity index (χ0n) is 16.2. The molecule has 150 valence electrons. The SMILES string of the molecule is Cc1ccc(P2(=O)O[C@H]([C@H]3COC(C)(C)O3)C3OC(C)(C)O[C@@H]3[C@@H]2O)cc1. The molecule has 3 aliphatic rings. The van der Waals surface area contributed by atoms with Crippen LogP contribution in [0.25, 0.3) is 0 Å². The molecule has 0 bridgehead atoms. The minimum Gasteiger partial charge on any atom is -0.380 e. The summed E-state index contributed by atoms with van der Waals surface area (Å²) in [4.78, 5) is 0. The van der Waals surface area contributed by atoms with Gasteiger partial charge in [0.1, 0.15) is 24.4 Å². The van der Waals surface area contributed by atoms with Crippen LogP contribution in [-0.4, -0.2) is 53.5 Å². The molecule has 0 amide bonds. The lowest BCUT2D eigenvalue weighted by Gasteiger charge is -2.41. The summed E-state index contributed by atoms with van der Waals surface area (Å²) in [7, 11) is -3.64. The maximum Gasteiger partial charge on any atom is 0.262 e. The maximum absolute atomic E-state index is 13.9. The van der Waals surface area contributed by atoms with Crippen LogP contribution in [0.15, 0.2) is 24.3 Å². The summed E-state index contributed by atoms with van der Waals surface area (Å²) in [6.07, 6.45) is -2.55. The minimum atomic E-state index is -3.64. The van der Waals surface area contributed by atoms with Gasteiger partial charge in [0.15, 0.2) is 17.4 Å². The fourth-order valence-electron chi connectivity index (χ4n) is 3.92. The van der Waals surface area contributed by atoms with Crippen molar-refractivity contribution in [2.75, 3.05) is 6.61 Å². The average Bonchev–Trinajstić information content (AvgIpc) is 3.10. The van der Waals surface area contributed by atoms with Crippen LogP contribution < -0.4 is 5.30 Å². The highest BCUT2D eigenvalue weighted by molar-refractivity contribution is 7.67. The standard InChI is InChI=1S/C19H27O7P/c1-11-6-8-12(9-7-11)27(21)17(20)16-15(24-19(4,5)25-16)14(26-27)13-10-22-18(2,3)23-13/h6-9,13-17,20H,10H2,1-5H3/t13-,14-,15?,16+,17-,27?/m1/s1. The van der Waals surface area contributed by atoms with E-state index in [1.807, 2.05) is 32.9 Å². The highest BCUT2D eigenvalue weighted by Crippen LogP contribution is 2.60. The summed E-state index contributed by atoms with van der Waals surface area (Å²) in [6, 6.07) is 7.15. The van der Waals surface area contributed by atoms with Gasteiger partial charge in [-0.25, -0.2) is 0 Å². The fraction of sp³-hybridized carbons (Fsp3) is 0.684. The Morgan fingerprint density at radius 3 is 2.19 bits per heavy atom. The first-order valence-corrected chi connectivity index (χ1v) is 10.9. The molecule has 3 fully saturated rings. The number of aliphatic hydroxyl groups is 1. The molecule has 0 spiro atoms. The molecule has 6 atom stereocenters. The van der Waals surface area contributed by atoms with Crippen LogP contribution in [0.5, 0.6) is 0 Å². The Labute approximate surface area is 159 Å². The fourth-order valence-corrected chi connectivity index (χ4v) is 6.27. The molecule has 0 aromatic heterocycles. The van der Waals surface area contributed by atoms with E-state index >= 15 is 0 Å². The summed E-state index contributed by atoms with van der Waals surface area (Å²) < 4.78 is 43.5. The first-order chi connectivity index (χ1) is 12.5. The molecule has 1 N–H and O–H groups in total. The van der Waals surface area contributed by atoms with Gasteiger partial charge in [0.25, 0.3) is 7.37 Å².